The molecule has 2 aliphatic rings. The van der Waals surface area contributed by atoms with Gasteiger partial charge in [0.1, 0.15) is 23.9 Å². The van der Waals surface area contributed by atoms with E-state index in [9.17, 15) is 22.4 Å². The number of ether oxygens (including phenoxy) is 2. The number of anilines is 1. The van der Waals surface area contributed by atoms with Gasteiger partial charge in [-0.05, 0) is 44.7 Å². The van der Waals surface area contributed by atoms with Gasteiger partial charge in [-0.2, -0.15) is 18.2 Å². The summed E-state index contributed by atoms with van der Waals surface area (Å²) in [6.45, 7) is 6.26. The Morgan fingerprint density at radius 1 is 1.16 bits per heavy atom. The van der Waals surface area contributed by atoms with Crippen LogP contribution in [0, 0.1) is 5.82 Å². The number of benzene rings is 1. The first-order chi connectivity index (χ1) is 17.4. The average molecular weight is 519 g/mol. The Hall–Kier alpha value is -3.67. The van der Waals surface area contributed by atoms with Gasteiger partial charge in [0.25, 0.3) is 0 Å². The first-order valence-corrected chi connectivity index (χ1v) is 11.6. The first-order valence-electron chi connectivity index (χ1n) is 11.6. The van der Waals surface area contributed by atoms with Crippen LogP contribution in [-0.4, -0.2) is 51.2 Å². The van der Waals surface area contributed by atoms with E-state index in [1.54, 1.807) is 10.6 Å². The molecule has 0 saturated carbocycles. The first kappa shape index (κ1) is 25.0. The number of aromatic nitrogens is 3. The zero-order valence-electron chi connectivity index (χ0n) is 20.4. The molecule has 2 aromatic heterocycles. The van der Waals surface area contributed by atoms with Gasteiger partial charge in [-0.15, -0.1) is 0 Å². The third kappa shape index (κ3) is 4.85. The number of rotatable bonds is 5. The van der Waals surface area contributed by atoms with Crippen LogP contribution in [-0.2, 0) is 19.3 Å². The number of nitrogens with zero attached hydrogens (tertiary/aromatic N) is 5. The van der Waals surface area contributed by atoms with Gasteiger partial charge in [0.05, 0.1) is 12.1 Å². The summed E-state index contributed by atoms with van der Waals surface area (Å²) in [6.07, 6.45) is -3.70. The minimum Gasteiger partial charge on any atom is -0.473 e. The standard InChI is InChI=1S/C25H25F4N5O3/c1-15-11-34-22-10-21(31-23(35)33(22)14-24(34,2)13-32(15)3)36-12-16-4-5-19(18(26)8-16)37-17-6-7-30-20(9-17)25(27,28)29/h4-10,15H,11-14H2,1-3H3/t15-,24-/m0/s1. The van der Waals surface area contributed by atoms with Gasteiger partial charge >= 0.3 is 11.9 Å². The molecule has 8 nitrogen and oxygen atoms in total. The molecule has 0 amide bonds. The number of likely N-dealkylation sites (N-methyl/N-ethyl adjacent to an activating group) is 1. The second kappa shape index (κ2) is 9.02. The highest BCUT2D eigenvalue weighted by Gasteiger charge is 2.46. The van der Waals surface area contributed by atoms with Gasteiger partial charge < -0.3 is 14.4 Å². The average Bonchev–Trinajstić information content (AvgIpc) is 3.11. The highest BCUT2D eigenvalue weighted by atomic mass is 19.4. The third-order valence-electron chi connectivity index (χ3n) is 6.81. The molecule has 0 aliphatic carbocycles. The molecule has 1 saturated heterocycles. The lowest BCUT2D eigenvalue weighted by Gasteiger charge is -2.47. The quantitative estimate of drug-likeness (QED) is 0.471. The molecule has 0 spiro atoms. The molecule has 3 aromatic rings. The molecular weight excluding hydrogens is 494 g/mol. The van der Waals surface area contributed by atoms with Gasteiger partial charge in [-0.1, -0.05) is 6.07 Å². The highest BCUT2D eigenvalue weighted by Crippen LogP contribution is 2.37. The molecule has 2 aliphatic heterocycles. The van der Waals surface area contributed by atoms with Crippen molar-refractivity contribution in [2.75, 3.05) is 25.0 Å². The minimum absolute atomic E-state index is 0.0724. The van der Waals surface area contributed by atoms with Crippen molar-refractivity contribution in [3.8, 4) is 17.4 Å². The monoisotopic (exact) mass is 519 g/mol. The lowest BCUT2D eigenvalue weighted by Crippen LogP contribution is -2.62. The van der Waals surface area contributed by atoms with Crippen molar-refractivity contribution < 1.29 is 27.0 Å². The van der Waals surface area contributed by atoms with Crippen molar-refractivity contribution >= 4 is 5.82 Å². The number of halogens is 4. The topological polar surface area (TPSA) is 72.7 Å². The van der Waals surface area contributed by atoms with Crippen molar-refractivity contribution in [2.24, 2.45) is 0 Å². The van der Waals surface area contributed by atoms with E-state index in [1.165, 1.54) is 18.2 Å². The molecule has 12 heteroatoms. The van der Waals surface area contributed by atoms with Crippen molar-refractivity contribution in [3.05, 3.63) is 70.2 Å². The van der Waals surface area contributed by atoms with Crippen LogP contribution in [0.4, 0.5) is 23.4 Å². The van der Waals surface area contributed by atoms with Crippen molar-refractivity contribution in [3.63, 3.8) is 0 Å². The fourth-order valence-corrected chi connectivity index (χ4v) is 4.80. The van der Waals surface area contributed by atoms with Crippen LogP contribution < -0.4 is 20.1 Å². The lowest BCUT2D eigenvalue weighted by molar-refractivity contribution is -0.141. The van der Waals surface area contributed by atoms with E-state index < -0.39 is 23.4 Å². The summed E-state index contributed by atoms with van der Waals surface area (Å²) < 4.78 is 65.9. The molecule has 2 atom stereocenters. The molecule has 0 bridgehead atoms. The fourth-order valence-electron chi connectivity index (χ4n) is 4.80. The number of alkyl halides is 3. The van der Waals surface area contributed by atoms with Crippen LogP contribution in [0.2, 0.25) is 0 Å². The van der Waals surface area contributed by atoms with Crippen LogP contribution in [0.25, 0.3) is 0 Å². The molecule has 5 rings (SSSR count). The Bertz CT molecular complexity index is 1400. The number of fused-ring (bicyclic) bond motifs is 3. The molecule has 1 fully saturated rings. The number of hydrogen-bond donors (Lipinski definition) is 0. The molecule has 37 heavy (non-hydrogen) atoms. The second-order valence-electron chi connectivity index (χ2n) is 9.72. The van der Waals surface area contributed by atoms with Crippen LogP contribution in [0.1, 0.15) is 25.1 Å². The Morgan fingerprint density at radius 2 is 1.95 bits per heavy atom. The zero-order chi connectivity index (χ0) is 26.5. The predicted octanol–water partition coefficient (Wildman–Crippen LogP) is 4.08. The van der Waals surface area contributed by atoms with E-state index in [0.717, 1.165) is 31.2 Å². The Balaban J connectivity index is 1.29. The fraction of sp³-hybridized carbons (Fsp3) is 0.400. The van der Waals surface area contributed by atoms with E-state index in [0.29, 0.717) is 24.2 Å². The summed E-state index contributed by atoms with van der Waals surface area (Å²) in [6, 6.07) is 7.90. The summed E-state index contributed by atoms with van der Waals surface area (Å²) in [5.41, 5.74) is -1.36. The molecule has 0 N–H and O–H groups in total. The molecule has 0 unspecified atom stereocenters. The summed E-state index contributed by atoms with van der Waals surface area (Å²) in [7, 11) is 2.07. The van der Waals surface area contributed by atoms with Gasteiger partial charge in [-0.25, -0.2) is 9.18 Å². The summed E-state index contributed by atoms with van der Waals surface area (Å²) in [5.74, 6) is -0.360. The SMILES string of the molecule is C[C@H]1CN2c3cc(OCc4ccc(Oc5ccnc(C(F)(F)F)c5)c(F)c4)nc(=O)n3C[C@]2(C)CN1C. The van der Waals surface area contributed by atoms with Crippen LogP contribution >= 0.6 is 0 Å². The maximum absolute atomic E-state index is 14.6. The largest absolute Gasteiger partial charge is 0.473 e. The third-order valence-corrected chi connectivity index (χ3v) is 6.81. The van der Waals surface area contributed by atoms with Crippen LogP contribution in [0.3, 0.4) is 0 Å². The Kier molecular flexibility index (Phi) is 6.09. The van der Waals surface area contributed by atoms with E-state index in [-0.39, 0.29) is 29.5 Å². The lowest BCUT2D eigenvalue weighted by atomic mass is 9.96. The Labute approximate surface area is 210 Å². The maximum atomic E-state index is 14.6. The number of hydrogen-bond acceptors (Lipinski definition) is 7. The van der Waals surface area contributed by atoms with Crippen LogP contribution in [0.15, 0.2) is 47.4 Å². The van der Waals surface area contributed by atoms with Gasteiger partial charge in [-0.3, -0.25) is 14.5 Å². The molecule has 0 radical (unpaired) electrons. The molecule has 196 valence electrons. The van der Waals surface area contributed by atoms with Crippen molar-refractivity contribution in [1.29, 1.82) is 0 Å². The maximum Gasteiger partial charge on any atom is 0.433 e. The Morgan fingerprint density at radius 3 is 2.68 bits per heavy atom. The predicted molar refractivity (Wildman–Crippen MR) is 126 cm³/mol. The normalized spacial score (nSPS) is 21.5. The molecule has 1 aromatic carbocycles. The number of pyridine rings is 1. The summed E-state index contributed by atoms with van der Waals surface area (Å²) in [4.78, 5) is 24.5. The van der Waals surface area contributed by atoms with Crippen molar-refractivity contribution in [2.45, 2.75) is 44.8 Å². The summed E-state index contributed by atoms with van der Waals surface area (Å²) >= 11 is 0. The number of piperazine rings is 1. The highest BCUT2D eigenvalue weighted by molar-refractivity contribution is 5.50. The van der Waals surface area contributed by atoms with Crippen LogP contribution in [0.5, 0.6) is 17.4 Å². The van der Waals surface area contributed by atoms with Gasteiger partial charge in [0.15, 0.2) is 11.6 Å². The van der Waals surface area contributed by atoms with E-state index in [2.05, 4.69) is 40.7 Å². The second-order valence-corrected chi connectivity index (χ2v) is 9.72. The smallest absolute Gasteiger partial charge is 0.433 e. The minimum atomic E-state index is -4.64. The zero-order valence-corrected chi connectivity index (χ0v) is 20.4. The summed E-state index contributed by atoms with van der Waals surface area (Å²) in [5, 5.41) is 0. The molecule has 4 heterocycles. The van der Waals surface area contributed by atoms with Gasteiger partial charge in [0.2, 0.25) is 5.88 Å². The van der Waals surface area contributed by atoms with Crippen molar-refractivity contribution in [1.82, 2.24) is 19.4 Å². The van der Waals surface area contributed by atoms with Gasteiger partial charge in [0, 0.05) is 37.5 Å². The molecular formula is C25H25F4N5O3. The van der Waals surface area contributed by atoms with E-state index >= 15 is 0 Å². The van der Waals surface area contributed by atoms with E-state index in [4.69, 9.17) is 9.47 Å². The van der Waals surface area contributed by atoms with E-state index in [1.807, 2.05) is 0 Å².